The minimum absolute atomic E-state index is 0.665. The first kappa shape index (κ1) is 13.7. The van der Waals surface area contributed by atoms with Gasteiger partial charge in [-0.25, -0.2) is 0 Å². The molecule has 0 aliphatic heterocycles. The Morgan fingerprint density at radius 2 is 1.52 bits per heavy atom. The second-order valence-corrected chi connectivity index (χ2v) is 5.16. The summed E-state index contributed by atoms with van der Waals surface area (Å²) in [4.78, 5) is 0. The molecule has 0 aliphatic rings. The molecule has 2 heteroatoms. The number of fused-ring (bicyclic) bond motifs is 1. The predicted octanol–water partition coefficient (Wildman–Crippen LogP) is 4.60. The molecule has 21 heavy (non-hydrogen) atoms. The Bertz CT molecular complexity index is 719. The Morgan fingerprint density at radius 3 is 2.29 bits per heavy atom. The van der Waals surface area contributed by atoms with Crippen LogP contribution in [0.15, 0.2) is 66.7 Å². The van der Waals surface area contributed by atoms with Crippen LogP contribution in [0.4, 0.5) is 5.69 Å². The van der Waals surface area contributed by atoms with Gasteiger partial charge in [-0.2, -0.15) is 0 Å². The molecule has 0 fully saturated rings. The Hall–Kier alpha value is -2.32. The summed E-state index contributed by atoms with van der Waals surface area (Å²) in [6.45, 7) is 1.49. The van der Waals surface area contributed by atoms with E-state index in [0.717, 1.165) is 12.2 Å². The molecule has 0 heterocycles. The average Bonchev–Trinajstić information content (AvgIpc) is 2.54. The third-order valence-electron chi connectivity index (χ3n) is 3.58. The summed E-state index contributed by atoms with van der Waals surface area (Å²) in [7, 11) is 1.72. The van der Waals surface area contributed by atoms with Gasteiger partial charge in [0, 0.05) is 19.3 Å². The van der Waals surface area contributed by atoms with Gasteiger partial charge in [0.1, 0.15) is 0 Å². The van der Waals surface area contributed by atoms with Crippen molar-refractivity contribution in [1.82, 2.24) is 0 Å². The third-order valence-corrected chi connectivity index (χ3v) is 3.58. The van der Waals surface area contributed by atoms with Gasteiger partial charge in [0.15, 0.2) is 0 Å². The van der Waals surface area contributed by atoms with E-state index in [4.69, 9.17) is 4.74 Å². The van der Waals surface area contributed by atoms with Crippen LogP contribution in [0.25, 0.3) is 10.8 Å². The molecule has 0 aliphatic carbocycles. The number of ether oxygens (including phenoxy) is 1. The number of nitrogens with one attached hydrogen (secondary N) is 1. The highest BCUT2D eigenvalue weighted by Crippen LogP contribution is 2.19. The lowest BCUT2D eigenvalue weighted by molar-refractivity contribution is 0.185. The summed E-state index contributed by atoms with van der Waals surface area (Å²) in [6.07, 6.45) is 0. The summed E-state index contributed by atoms with van der Waals surface area (Å²) < 4.78 is 5.12. The van der Waals surface area contributed by atoms with Crippen molar-refractivity contribution in [2.45, 2.75) is 13.2 Å². The van der Waals surface area contributed by atoms with E-state index < -0.39 is 0 Å². The first-order valence-corrected chi connectivity index (χ1v) is 7.14. The van der Waals surface area contributed by atoms with Crippen LogP contribution in [0.2, 0.25) is 0 Å². The third kappa shape index (κ3) is 3.41. The van der Waals surface area contributed by atoms with Gasteiger partial charge < -0.3 is 10.1 Å². The quantitative estimate of drug-likeness (QED) is 0.736. The molecular weight excluding hydrogens is 258 g/mol. The minimum Gasteiger partial charge on any atom is -0.381 e. The largest absolute Gasteiger partial charge is 0.381 e. The molecule has 0 unspecified atom stereocenters. The highest BCUT2D eigenvalue weighted by atomic mass is 16.5. The van der Waals surface area contributed by atoms with Crippen molar-refractivity contribution in [2.24, 2.45) is 0 Å². The van der Waals surface area contributed by atoms with E-state index in [2.05, 4.69) is 72.0 Å². The van der Waals surface area contributed by atoms with Gasteiger partial charge >= 0.3 is 0 Å². The van der Waals surface area contributed by atoms with Crippen LogP contribution in [0.5, 0.6) is 0 Å². The topological polar surface area (TPSA) is 21.3 Å². The summed E-state index contributed by atoms with van der Waals surface area (Å²) in [5.74, 6) is 0. The fraction of sp³-hybridized carbons (Fsp3) is 0.158. The fourth-order valence-electron chi connectivity index (χ4n) is 2.42. The fourth-order valence-corrected chi connectivity index (χ4v) is 2.42. The van der Waals surface area contributed by atoms with Crippen LogP contribution < -0.4 is 5.32 Å². The Labute approximate surface area is 125 Å². The highest BCUT2D eigenvalue weighted by molar-refractivity contribution is 5.85. The monoisotopic (exact) mass is 277 g/mol. The van der Waals surface area contributed by atoms with Crippen LogP contribution >= 0.6 is 0 Å². The van der Waals surface area contributed by atoms with Crippen LogP contribution in [0, 0.1) is 0 Å². The zero-order valence-corrected chi connectivity index (χ0v) is 12.2. The molecule has 2 nitrogen and oxygen atoms in total. The van der Waals surface area contributed by atoms with Crippen molar-refractivity contribution in [3.05, 3.63) is 77.9 Å². The SMILES string of the molecule is COCc1ccc(CNc2ccc3ccccc3c2)cc1. The van der Waals surface area contributed by atoms with Crippen molar-refractivity contribution in [2.75, 3.05) is 12.4 Å². The zero-order chi connectivity index (χ0) is 14.5. The molecule has 0 bridgehead atoms. The van der Waals surface area contributed by atoms with E-state index in [0.29, 0.717) is 6.61 Å². The number of hydrogen-bond acceptors (Lipinski definition) is 2. The van der Waals surface area contributed by atoms with E-state index in [1.165, 1.54) is 21.9 Å². The van der Waals surface area contributed by atoms with Crippen LogP contribution in [0.1, 0.15) is 11.1 Å². The van der Waals surface area contributed by atoms with E-state index >= 15 is 0 Å². The molecule has 0 saturated heterocycles. The van der Waals surface area contributed by atoms with Gasteiger partial charge in [-0.3, -0.25) is 0 Å². The Morgan fingerprint density at radius 1 is 0.810 bits per heavy atom. The number of hydrogen-bond donors (Lipinski definition) is 1. The first-order chi connectivity index (χ1) is 10.3. The summed E-state index contributed by atoms with van der Waals surface area (Å²) in [5, 5.41) is 6.01. The van der Waals surface area contributed by atoms with Crippen LogP contribution in [-0.2, 0) is 17.9 Å². The van der Waals surface area contributed by atoms with Gasteiger partial charge in [0.05, 0.1) is 6.61 Å². The Balaban J connectivity index is 1.68. The molecule has 106 valence electrons. The maximum Gasteiger partial charge on any atom is 0.0713 e. The van der Waals surface area contributed by atoms with Crippen LogP contribution in [0.3, 0.4) is 0 Å². The van der Waals surface area contributed by atoms with E-state index in [-0.39, 0.29) is 0 Å². The molecule has 3 aromatic carbocycles. The number of rotatable bonds is 5. The second kappa shape index (κ2) is 6.42. The minimum atomic E-state index is 0.665. The molecule has 0 spiro atoms. The first-order valence-electron chi connectivity index (χ1n) is 7.14. The van der Waals surface area contributed by atoms with Gasteiger partial charge in [-0.15, -0.1) is 0 Å². The highest BCUT2D eigenvalue weighted by Gasteiger charge is 1.98. The number of anilines is 1. The van der Waals surface area contributed by atoms with Crippen molar-refractivity contribution in [3.63, 3.8) is 0 Å². The summed E-state index contributed by atoms with van der Waals surface area (Å²) in [6, 6.07) is 23.4. The maximum absolute atomic E-state index is 5.12. The summed E-state index contributed by atoms with van der Waals surface area (Å²) >= 11 is 0. The lowest BCUT2D eigenvalue weighted by atomic mass is 10.1. The van der Waals surface area contributed by atoms with Gasteiger partial charge in [-0.05, 0) is 34.0 Å². The lowest BCUT2D eigenvalue weighted by Gasteiger charge is -2.08. The molecule has 3 rings (SSSR count). The van der Waals surface area contributed by atoms with Crippen molar-refractivity contribution < 1.29 is 4.74 Å². The Kier molecular flexibility index (Phi) is 4.17. The van der Waals surface area contributed by atoms with E-state index in [9.17, 15) is 0 Å². The van der Waals surface area contributed by atoms with Crippen molar-refractivity contribution in [3.8, 4) is 0 Å². The van der Waals surface area contributed by atoms with Gasteiger partial charge in [0.2, 0.25) is 0 Å². The standard InChI is InChI=1S/C19H19NO/c1-21-14-16-8-6-15(7-9-16)13-20-19-11-10-17-4-2-3-5-18(17)12-19/h2-12,20H,13-14H2,1H3. The molecule has 0 saturated carbocycles. The van der Waals surface area contributed by atoms with E-state index in [1.807, 2.05) is 0 Å². The van der Waals surface area contributed by atoms with Gasteiger partial charge in [-0.1, -0.05) is 54.6 Å². The molecule has 0 radical (unpaired) electrons. The molecular formula is C19H19NO. The van der Waals surface area contributed by atoms with Crippen LogP contribution in [-0.4, -0.2) is 7.11 Å². The molecule has 0 aromatic heterocycles. The van der Waals surface area contributed by atoms with Crippen molar-refractivity contribution >= 4 is 16.5 Å². The van der Waals surface area contributed by atoms with Crippen molar-refractivity contribution in [1.29, 1.82) is 0 Å². The number of benzene rings is 3. The zero-order valence-electron chi connectivity index (χ0n) is 12.2. The lowest BCUT2D eigenvalue weighted by Crippen LogP contribution is -1.99. The maximum atomic E-state index is 5.12. The molecule has 1 N–H and O–H groups in total. The predicted molar refractivity (Wildman–Crippen MR) is 88.4 cm³/mol. The molecule has 3 aromatic rings. The van der Waals surface area contributed by atoms with Gasteiger partial charge in [0.25, 0.3) is 0 Å². The molecule has 0 amide bonds. The summed E-state index contributed by atoms with van der Waals surface area (Å²) in [5.41, 5.74) is 3.62. The second-order valence-electron chi connectivity index (χ2n) is 5.16. The van der Waals surface area contributed by atoms with E-state index in [1.54, 1.807) is 7.11 Å². The molecule has 0 atom stereocenters. The number of methoxy groups -OCH3 is 1. The smallest absolute Gasteiger partial charge is 0.0713 e. The normalized spacial score (nSPS) is 10.7. The average molecular weight is 277 g/mol.